The lowest BCUT2D eigenvalue weighted by Crippen LogP contribution is -2.42. The second-order valence-corrected chi connectivity index (χ2v) is 3.96. The molecule has 0 saturated carbocycles. The van der Waals surface area contributed by atoms with Crippen LogP contribution in [0.25, 0.3) is 0 Å². The summed E-state index contributed by atoms with van der Waals surface area (Å²) < 4.78 is 18.0. The first kappa shape index (κ1) is 13.3. The lowest BCUT2D eigenvalue weighted by Gasteiger charge is -2.26. The quantitative estimate of drug-likeness (QED) is 0.831. The average Bonchev–Trinajstić information content (AvgIpc) is 2.30. The van der Waals surface area contributed by atoms with Crippen LogP contribution in [-0.4, -0.2) is 23.7 Å². The molecule has 0 aliphatic heterocycles. The molecular weight excluding hydrogens is 225 g/mol. The first-order valence-corrected chi connectivity index (χ1v) is 5.28. The van der Waals surface area contributed by atoms with Crippen molar-refractivity contribution in [3.8, 4) is 5.75 Å². The molecule has 0 aliphatic carbocycles. The van der Waals surface area contributed by atoms with E-state index in [9.17, 15) is 9.18 Å². The number of carboxylic acid groups (broad SMARTS) is 1. The molecule has 1 atom stereocenters. The zero-order valence-electron chi connectivity index (χ0n) is 10.1. The molecule has 2 N–H and O–H groups in total. The molecule has 0 saturated heterocycles. The fourth-order valence-electron chi connectivity index (χ4n) is 1.36. The van der Waals surface area contributed by atoms with E-state index in [4.69, 9.17) is 9.84 Å². The van der Waals surface area contributed by atoms with Gasteiger partial charge >= 0.3 is 5.97 Å². The van der Waals surface area contributed by atoms with Gasteiger partial charge in [0.05, 0.1) is 12.8 Å². The maximum atomic E-state index is 13.0. The summed E-state index contributed by atoms with van der Waals surface area (Å²) in [6.07, 6.45) is 0.392. The molecule has 0 bridgehead atoms. The number of nitrogens with one attached hydrogen (secondary N) is 1. The first-order valence-electron chi connectivity index (χ1n) is 5.28. The van der Waals surface area contributed by atoms with Gasteiger partial charge in [0.2, 0.25) is 0 Å². The van der Waals surface area contributed by atoms with Gasteiger partial charge in [0.1, 0.15) is 17.1 Å². The van der Waals surface area contributed by atoms with Gasteiger partial charge in [0.15, 0.2) is 0 Å². The molecule has 0 amide bonds. The molecule has 0 radical (unpaired) electrons. The second-order valence-electron chi connectivity index (χ2n) is 3.96. The molecule has 4 nitrogen and oxygen atoms in total. The average molecular weight is 241 g/mol. The summed E-state index contributed by atoms with van der Waals surface area (Å²) >= 11 is 0. The van der Waals surface area contributed by atoms with Crippen molar-refractivity contribution in [2.24, 2.45) is 0 Å². The van der Waals surface area contributed by atoms with Gasteiger partial charge in [-0.3, -0.25) is 0 Å². The summed E-state index contributed by atoms with van der Waals surface area (Å²) in [6, 6.07) is 3.92. The van der Waals surface area contributed by atoms with Crippen molar-refractivity contribution in [3.63, 3.8) is 0 Å². The number of hydrogen-bond acceptors (Lipinski definition) is 3. The summed E-state index contributed by atoms with van der Waals surface area (Å²) in [6.45, 7) is 3.33. The Balaban J connectivity index is 3.05. The van der Waals surface area contributed by atoms with Crippen molar-refractivity contribution in [1.82, 2.24) is 0 Å². The zero-order chi connectivity index (χ0) is 13.1. The number of hydrogen-bond donors (Lipinski definition) is 2. The molecule has 0 aromatic heterocycles. The van der Waals surface area contributed by atoms with Crippen LogP contribution in [0.3, 0.4) is 0 Å². The van der Waals surface area contributed by atoms with E-state index in [1.807, 2.05) is 0 Å². The molecule has 1 aromatic carbocycles. The van der Waals surface area contributed by atoms with Crippen LogP contribution in [0.1, 0.15) is 20.3 Å². The number of rotatable bonds is 5. The standard InChI is InChI=1S/C12H16FNO3/c1-4-12(2,11(15)16)14-9-6-5-8(13)7-10(9)17-3/h5-7,14H,4H2,1-3H3,(H,15,16). The molecule has 0 fully saturated rings. The normalized spacial score (nSPS) is 13.9. The highest BCUT2D eigenvalue weighted by Gasteiger charge is 2.31. The van der Waals surface area contributed by atoms with E-state index < -0.39 is 17.3 Å². The minimum Gasteiger partial charge on any atom is -0.494 e. The Kier molecular flexibility index (Phi) is 3.93. The summed E-state index contributed by atoms with van der Waals surface area (Å²) in [7, 11) is 1.41. The number of aliphatic carboxylic acids is 1. The predicted octanol–water partition coefficient (Wildman–Crippen LogP) is 2.50. The summed E-state index contributed by atoms with van der Waals surface area (Å²) in [5, 5.41) is 12.0. The molecule has 94 valence electrons. The third-order valence-corrected chi connectivity index (χ3v) is 2.75. The van der Waals surface area contributed by atoms with E-state index in [1.54, 1.807) is 13.8 Å². The molecule has 17 heavy (non-hydrogen) atoms. The third kappa shape index (κ3) is 2.87. The van der Waals surface area contributed by atoms with Crippen LogP contribution in [0.4, 0.5) is 10.1 Å². The van der Waals surface area contributed by atoms with E-state index >= 15 is 0 Å². The Morgan fingerprint density at radius 1 is 1.59 bits per heavy atom. The SMILES string of the molecule is CCC(C)(Nc1ccc(F)cc1OC)C(=O)O. The Morgan fingerprint density at radius 3 is 2.71 bits per heavy atom. The smallest absolute Gasteiger partial charge is 0.329 e. The number of benzene rings is 1. The predicted molar refractivity (Wildman–Crippen MR) is 62.9 cm³/mol. The van der Waals surface area contributed by atoms with E-state index in [0.29, 0.717) is 12.1 Å². The molecule has 0 heterocycles. The Hall–Kier alpha value is -1.78. The van der Waals surface area contributed by atoms with Gasteiger partial charge in [-0.1, -0.05) is 6.92 Å². The van der Waals surface area contributed by atoms with E-state index in [1.165, 1.54) is 25.3 Å². The molecule has 0 spiro atoms. The van der Waals surface area contributed by atoms with Crippen molar-refractivity contribution in [1.29, 1.82) is 0 Å². The van der Waals surface area contributed by atoms with Gasteiger partial charge in [0.25, 0.3) is 0 Å². The monoisotopic (exact) mass is 241 g/mol. The largest absolute Gasteiger partial charge is 0.494 e. The lowest BCUT2D eigenvalue weighted by atomic mass is 9.98. The second kappa shape index (κ2) is 5.03. The number of carbonyl (C=O) groups is 1. The van der Waals surface area contributed by atoms with Gasteiger partial charge < -0.3 is 15.2 Å². The van der Waals surface area contributed by atoms with Crippen molar-refractivity contribution in [2.75, 3.05) is 12.4 Å². The fourth-order valence-corrected chi connectivity index (χ4v) is 1.36. The summed E-state index contributed by atoms with van der Waals surface area (Å²) in [5.74, 6) is -1.11. The number of carboxylic acids is 1. The lowest BCUT2D eigenvalue weighted by molar-refractivity contribution is -0.141. The van der Waals surface area contributed by atoms with Crippen molar-refractivity contribution in [2.45, 2.75) is 25.8 Å². The van der Waals surface area contributed by atoms with Crippen molar-refractivity contribution < 1.29 is 19.0 Å². The van der Waals surface area contributed by atoms with E-state index in [-0.39, 0.29) is 5.75 Å². The third-order valence-electron chi connectivity index (χ3n) is 2.75. The van der Waals surface area contributed by atoms with Crippen LogP contribution in [0, 0.1) is 5.82 Å². The maximum absolute atomic E-state index is 13.0. The van der Waals surface area contributed by atoms with Crippen LogP contribution in [0.2, 0.25) is 0 Å². The van der Waals surface area contributed by atoms with Crippen molar-refractivity contribution in [3.05, 3.63) is 24.0 Å². The molecule has 1 unspecified atom stereocenters. The van der Waals surface area contributed by atoms with E-state index in [2.05, 4.69) is 5.32 Å². The van der Waals surface area contributed by atoms with Gasteiger partial charge in [-0.25, -0.2) is 9.18 Å². The molecule has 1 aromatic rings. The molecule has 5 heteroatoms. The number of methoxy groups -OCH3 is 1. The van der Waals surface area contributed by atoms with Crippen LogP contribution < -0.4 is 10.1 Å². The first-order chi connectivity index (χ1) is 7.92. The topological polar surface area (TPSA) is 58.6 Å². The highest BCUT2D eigenvalue weighted by atomic mass is 19.1. The summed E-state index contributed by atoms with van der Waals surface area (Å²) in [5.41, 5.74) is -0.647. The van der Waals surface area contributed by atoms with Crippen LogP contribution in [0.5, 0.6) is 5.75 Å². The minimum atomic E-state index is -1.11. The molecule has 0 aliphatic rings. The van der Waals surface area contributed by atoms with Crippen LogP contribution >= 0.6 is 0 Å². The van der Waals surface area contributed by atoms with Crippen molar-refractivity contribution >= 4 is 11.7 Å². The van der Waals surface area contributed by atoms with Gasteiger partial charge in [-0.2, -0.15) is 0 Å². The number of ether oxygens (including phenoxy) is 1. The Labute approximate surface area is 99.4 Å². The van der Waals surface area contributed by atoms with E-state index in [0.717, 1.165) is 0 Å². The number of halogens is 1. The van der Waals surface area contributed by atoms with Gasteiger partial charge in [-0.05, 0) is 25.5 Å². The Bertz CT molecular complexity index is 422. The van der Waals surface area contributed by atoms with Crippen LogP contribution in [-0.2, 0) is 4.79 Å². The zero-order valence-corrected chi connectivity index (χ0v) is 10.1. The highest BCUT2D eigenvalue weighted by Crippen LogP contribution is 2.29. The summed E-state index contributed by atoms with van der Waals surface area (Å²) in [4.78, 5) is 11.1. The molecular formula is C12H16FNO3. The Morgan fingerprint density at radius 2 is 2.24 bits per heavy atom. The minimum absolute atomic E-state index is 0.283. The van der Waals surface area contributed by atoms with Gasteiger partial charge in [0, 0.05) is 6.07 Å². The van der Waals surface area contributed by atoms with Gasteiger partial charge in [-0.15, -0.1) is 0 Å². The number of anilines is 1. The van der Waals surface area contributed by atoms with Crippen LogP contribution in [0.15, 0.2) is 18.2 Å². The molecule has 1 rings (SSSR count). The highest BCUT2D eigenvalue weighted by molar-refractivity contribution is 5.83. The maximum Gasteiger partial charge on any atom is 0.329 e. The fraction of sp³-hybridized carbons (Fsp3) is 0.417.